The molecule has 3 aromatic rings. The maximum Gasteiger partial charge on any atom is 0.214 e. The Bertz CT molecular complexity index is 1180. The Morgan fingerprint density at radius 3 is 2.61 bits per heavy atom. The summed E-state index contributed by atoms with van der Waals surface area (Å²) < 4.78 is 17.2. The van der Waals surface area contributed by atoms with Crippen LogP contribution in [0.3, 0.4) is 0 Å². The van der Waals surface area contributed by atoms with Crippen molar-refractivity contribution in [2.45, 2.75) is 18.7 Å². The van der Waals surface area contributed by atoms with E-state index < -0.39 is 6.23 Å². The summed E-state index contributed by atoms with van der Waals surface area (Å²) in [5.74, 6) is 2.23. The normalized spacial score (nSPS) is 19.2. The van der Waals surface area contributed by atoms with Crippen molar-refractivity contribution in [3.05, 3.63) is 82.4 Å². The van der Waals surface area contributed by atoms with Gasteiger partial charge in [-0.3, -0.25) is 0 Å². The summed E-state index contributed by atoms with van der Waals surface area (Å²) in [6.07, 6.45) is 0.153. The van der Waals surface area contributed by atoms with Crippen molar-refractivity contribution < 1.29 is 19.3 Å². The Hall–Kier alpha value is -3.38. The minimum absolute atomic E-state index is 0.0739. The Morgan fingerprint density at radius 2 is 1.84 bits per heavy atom. The molecule has 0 fully saturated rings. The molecule has 2 aliphatic rings. The highest BCUT2D eigenvalue weighted by Gasteiger charge is 2.41. The smallest absolute Gasteiger partial charge is 0.214 e. The van der Waals surface area contributed by atoms with Crippen molar-refractivity contribution in [3.63, 3.8) is 0 Å². The fourth-order valence-corrected chi connectivity index (χ4v) is 4.35. The van der Waals surface area contributed by atoms with Crippen LogP contribution < -0.4 is 14.2 Å². The second-order valence-corrected chi connectivity index (χ2v) is 7.87. The Labute approximate surface area is 185 Å². The first kappa shape index (κ1) is 19.6. The highest BCUT2D eigenvalue weighted by molar-refractivity contribution is 6.30. The number of phenols is 1. The first-order valence-electron chi connectivity index (χ1n) is 9.91. The van der Waals surface area contributed by atoms with E-state index in [1.54, 1.807) is 26.4 Å². The van der Waals surface area contributed by atoms with E-state index in [9.17, 15) is 5.11 Å². The molecule has 6 nitrogen and oxygen atoms in total. The average molecular weight is 437 g/mol. The number of hydrogen-bond donors (Lipinski definition) is 1. The van der Waals surface area contributed by atoms with Gasteiger partial charge in [-0.2, -0.15) is 5.10 Å². The number of methoxy groups -OCH3 is 2. The monoisotopic (exact) mass is 436 g/mol. The molecule has 0 aromatic heterocycles. The lowest BCUT2D eigenvalue weighted by Crippen LogP contribution is -2.33. The van der Waals surface area contributed by atoms with Crippen LogP contribution >= 0.6 is 11.6 Å². The minimum Gasteiger partial charge on any atom is -0.507 e. The zero-order valence-electron chi connectivity index (χ0n) is 17.1. The zero-order chi connectivity index (χ0) is 21.5. The van der Waals surface area contributed by atoms with Crippen molar-refractivity contribution in [1.82, 2.24) is 5.01 Å². The van der Waals surface area contributed by atoms with Crippen LogP contribution in [0.5, 0.6) is 23.0 Å². The van der Waals surface area contributed by atoms with Gasteiger partial charge in [0.15, 0.2) is 11.5 Å². The van der Waals surface area contributed by atoms with Gasteiger partial charge in [0.25, 0.3) is 0 Å². The van der Waals surface area contributed by atoms with Crippen molar-refractivity contribution in [2.75, 3.05) is 14.2 Å². The van der Waals surface area contributed by atoms with Gasteiger partial charge in [-0.1, -0.05) is 23.7 Å². The summed E-state index contributed by atoms with van der Waals surface area (Å²) in [4.78, 5) is 0. The fraction of sp³-hybridized carbons (Fsp3) is 0.208. The van der Waals surface area contributed by atoms with Gasteiger partial charge in [0.1, 0.15) is 11.5 Å². The minimum atomic E-state index is -0.471. The number of para-hydroxylation sites is 1. The number of rotatable bonds is 4. The number of phenolic OH excluding ortho intramolecular Hbond substituents is 1. The molecule has 158 valence electrons. The molecule has 0 bridgehead atoms. The van der Waals surface area contributed by atoms with Gasteiger partial charge >= 0.3 is 0 Å². The fourth-order valence-electron chi connectivity index (χ4n) is 4.16. The van der Waals surface area contributed by atoms with Gasteiger partial charge in [-0.05, 0) is 48.5 Å². The standard InChI is InChI=1S/C24H21ClN2O4/c1-29-22-9-7-14(11-23(22)30-2)24-27-19(17-12-15(25)8-10-21(17)31-24)13-18(26-27)16-5-3-4-6-20(16)28/h3-12,19,24,28H,13H2,1-2H3/t19-,24-/m1/s1. The molecule has 5 rings (SSSR count). The lowest BCUT2D eigenvalue weighted by atomic mass is 9.95. The van der Waals surface area contributed by atoms with Gasteiger partial charge in [-0.25, -0.2) is 5.01 Å². The number of hydrogen-bond acceptors (Lipinski definition) is 6. The molecular weight excluding hydrogens is 416 g/mol. The van der Waals surface area contributed by atoms with Crippen molar-refractivity contribution in [1.29, 1.82) is 0 Å². The van der Waals surface area contributed by atoms with E-state index in [4.69, 9.17) is 30.9 Å². The molecule has 2 heterocycles. The molecule has 0 spiro atoms. The Balaban J connectivity index is 1.62. The van der Waals surface area contributed by atoms with E-state index in [1.165, 1.54) is 0 Å². The van der Waals surface area contributed by atoms with E-state index in [2.05, 4.69) is 0 Å². The van der Waals surface area contributed by atoms with Crippen LogP contribution in [0.25, 0.3) is 0 Å². The largest absolute Gasteiger partial charge is 0.507 e. The Kier molecular flexibility index (Phi) is 4.87. The molecule has 2 aliphatic heterocycles. The maximum absolute atomic E-state index is 10.4. The molecule has 0 unspecified atom stereocenters. The summed E-state index contributed by atoms with van der Waals surface area (Å²) in [6, 6.07) is 18.5. The molecule has 31 heavy (non-hydrogen) atoms. The number of halogens is 1. The topological polar surface area (TPSA) is 63.5 Å². The highest BCUT2D eigenvalue weighted by atomic mass is 35.5. The van der Waals surface area contributed by atoms with Crippen LogP contribution in [0.2, 0.25) is 5.02 Å². The van der Waals surface area contributed by atoms with Gasteiger partial charge in [0, 0.05) is 28.1 Å². The van der Waals surface area contributed by atoms with E-state index >= 15 is 0 Å². The van der Waals surface area contributed by atoms with Crippen molar-refractivity contribution in [3.8, 4) is 23.0 Å². The van der Waals surface area contributed by atoms with Gasteiger partial charge in [-0.15, -0.1) is 0 Å². The highest BCUT2D eigenvalue weighted by Crippen LogP contribution is 2.49. The summed E-state index contributed by atoms with van der Waals surface area (Å²) in [5, 5.41) is 17.8. The van der Waals surface area contributed by atoms with E-state index in [0.29, 0.717) is 28.5 Å². The van der Waals surface area contributed by atoms with Crippen LogP contribution in [-0.4, -0.2) is 30.0 Å². The third kappa shape index (κ3) is 3.33. The lowest BCUT2D eigenvalue weighted by molar-refractivity contribution is -0.0191. The maximum atomic E-state index is 10.4. The molecule has 2 atom stereocenters. The first-order valence-corrected chi connectivity index (χ1v) is 10.3. The molecule has 1 N–H and O–H groups in total. The van der Waals surface area contributed by atoms with Crippen LogP contribution in [0.4, 0.5) is 0 Å². The molecule has 0 aliphatic carbocycles. The third-order valence-corrected chi connectivity index (χ3v) is 5.89. The first-order chi connectivity index (χ1) is 15.1. The number of benzene rings is 3. The molecule has 3 aromatic carbocycles. The summed E-state index contributed by atoms with van der Waals surface area (Å²) in [5.41, 5.74) is 3.36. The van der Waals surface area contributed by atoms with E-state index in [0.717, 1.165) is 22.6 Å². The SMILES string of the molecule is COc1ccc([C@H]2Oc3ccc(Cl)cc3[C@H]3CC(c4ccccc4O)=NN32)cc1OC. The summed E-state index contributed by atoms with van der Waals surface area (Å²) >= 11 is 6.29. The molecule has 0 saturated heterocycles. The molecular formula is C24H21ClN2O4. The van der Waals surface area contributed by atoms with Crippen molar-refractivity contribution in [2.24, 2.45) is 5.10 Å². The third-order valence-electron chi connectivity index (χ3n) is 5.66. The van der Waals surface area contributed by atoms with Crippen LogP contribution in [0.1, 0.15) is 35.4 Å². The number of nitrogens with zero attached hydrogens (tertiary/aromatic N) is 2. The Morgan fingerprint density at radius 1 is 1.03 bits per heavy atom. The second kappa shape index (κ2) is 7.71. The summed E-state index contributed by atoms with van der Waals surface area (Å²) in [7, 11) is 3.21. The van der Waals surface area contributed by atoms with Crippen molar-refractivity contribution >= 4 is 17.3 Å². The number of ether oxygens (including phenoxy) is 3. The lowest BCUT2D eigenvalue weighted by Gasteiger charge is -2.38. The predicted molar refractivity (Wildman–Crippen MR) is 118 cm³/mol. The summed E-state index contributed by atoms with van der Waals surface area (Å²) in [6.45, 7) is 0. The zero-order valence-corrected chi connectivity index (χ0v) is 17.8. The van der Waals surface area contributed by atoms with Gasteiger partial charge < -0.3 is 19.3 Å². The number of fused-ring (bicyclic) bond motifs is 3. The molecule has 7 heteroatoms. The van der Waals surface area contributed by atoms with Crippen LogP contribution in [0, 0.1) is 0 Å². The quantitative estimate of drug-likeness (QED) is 0.600. The average Bonchev–Trinajstić information content (AvgIpc) is 3.24. The van der Waals surface area contributed by atoms with E-state index in [-0.39, 0.29) is 11.8 Å². The van der Waals surface area contributed by atoms with Crippen LogP contribution in [-0.2, 0) is 0 Å². The number of hydrazone groups is 1. The van der Waals surface area contributed by atoms with E-state index in [1.807, 2.05) is 53.5 Å². The number of aromatic hydroxyl groups is 1. The van der Waals surface area contributed by atoms with Gasteiger partial charge in [0.2, 0.25) is 6.23 Å². The second-order valence-electron chi connectivity index (χ2n) is 7.43. The van der Waals surface area contributed by atoms with Crippen LogP contribution in [0.15, 0.2) is 65.8 Å². The molecule has 0 amide bonds. The van der Waals surface area contributed by atoms with Gasteiger partial charge in [0.05, 0.1) is 26.0 Å². The molecule has 0 saturated carbocycles. The molecule has 0 radical (unpaired) electrons. The predicted octanol–water partition coefficient (Wildman–Crippen LogP) is 5.31.